The van der Waals surface area contributed by atoms with Gasteiger partial charge in [0.15, 0.2) is 0 Å². The van der Waals surface area contributed by atoms with Crippen LogP contribution in [0.1, 0.15) is 25.1 Å². The van der Waals surface area contributed by atoms with Crippen LogP contribution in [0.3, 0.4) is 0 Å². The van der Waals surface area contributed by atoms with Crippen LogP contribution < -0.4 is 14.4 Å². The van der Waals surface area contributed by atoms with Crippen molar-refractivity contribution in [1.82, 2.24) is 9.55 Å². The molecule has 6 rings (SSSR count). The van der Waals surface area contributed by atoms with E-state index in [2.05, 4.69) is 34.9 Å². The van der Waals surface area contributed by atoms with Crippen LogP contribution >= 0.6 is 0 Å². The van der Waals surface area contributed by atoms with E-state index in [0.717, 1.165) is 39.4 Å². The summed E-state index contributed by atoms with van der Waals surface area (Å²) in [6.45, 7) is 4.22. The molecular formula is C31H29N3O3. The van der Waals surface area contributed by atoms with E-state index in [-0.39, 0.29) is 11.8 Å². The van der Waals surface area contributed by atoms with Gasteiger partial charge in [-0.25, -0.2) is 4.98 Å². The van der Waals surface area contributed by atoms with E-state index in [4.69, 9.17) is 14.5 Å². The van der Waals surface area contributed by atoms with Gasteiger partial charge in [0.05, 0.1) is 29.9 Å². The van der Waals surface area contributed by atoms with Crippen LogP contribution in [0.4, 0.5) is 5.69 Å². The lowest BCUT2D eigenvalue weighted by atomic mass is 10.1. The highest BCUT2D eigenvalue weighted by molar-refractivity contribution is 5.98. The lowest BCUT2D eigenvalue weighted by molar-refractivity contribution is -0.117. The Morgan fingerprint density at radius 3 is 2.57 bits per heavy atom. The molecule has 0 aliphatic carbocycles. The fourth-order valence-corrected chi connectivity index (χ4v) is 5.22. The lowest BCUT2D eigenvalue weighted by Crippen LogP contribution is -2.25. The maximum Gasteiger partial charge on any atom is 0.227 e. The molecular weight excluding hydrogens is 462 g/mol. The van der Waals surface area contributed by atoms with Crippen LogP contribution in [-0.4, -0.2) is 35.2 Å². The van der Waals surface area contributed by atoms with Crippen LogP contribution in [0.15, 0.2) is 91.0 Å². The summed E-state index contributed by atoms with van der Waals surface area (Å²) in [6.07, 6.45) is 0.412. The first-order chi connectivity index (χ1) is 18.2. The molecule has 1 atom stereocenters. The molecule has 2 heterocycles. The second-order valence-corrected chi connectivity index (χ2v) is 9.27. The van der Waals surface area contributed by atoms with Crippen molar-refractivity contribution in [2.45, 2.75) is 25.8 Å². The highest BCUT2D eigenvalue weighted by atomic mass is 16.5. The molecule has 1 aromatic heterocycles. The monoisotopic (exact) mass is 491 g/mol. The predicted molar refractivity (Wildman–Crippen MR) is 146 cm³/mol. The van der Waals surface area contributed by atoms with Crippen molar-refractivity contribution < 1.29 is 14.3 Å². The fourth-order valence-electron chi connectivity index (χ4n) is 5.22. The summed E-state index contributed by atoms with van der Waals surface area (Å²) in [7, 11) is 0. The van der Waals surface area contributed by atoms with E-state index in [9.17, 15) is 4.79 Å². The van der Waals surface area contributed by atoms with Crippen molar-refractivity contribution >= 4 is 33.4 Å². The normalized spacial score (nSPS) is 15.5. The molecule has 1 fully saturated rings. The Morgan fingerprint density at radius 1 is 0.892 bits per heavy atom. The third kappa shape index (κ3) is 4.51. The number of carbonyl (C=O) groups excluding carboxylic acids is 1. The molecule has 0 saturated carbocycles. The summed E-state index contributed by atoms with van der Waals surface area (Å²) in [5.41, 5.74) is 2.81. The number of imidazole rings is 1. The first-order valence-corrected chi connectivity index (χ1v) is 12.8. The Kier molecular flexibility index (Phi) is 6.23. The third-order valence-electron chi connectivity index (χ3n) is 6.93. The molecule has 0 spiro atoms. The number of carbonyl (C=O) groups is 1. The summed E-state index contributed by atoms with van der Waals surface area (Å²) in [4.78, 5) is 20.0. The van der Waals surface area contributed by atoms with Crippen molar-refractivity contribution in [2.75, 3.05) is 24.7 Å². The minimum absolute atomic E-state index is 0.0183. The first kappa shape index (κ1) is 23.1. The van der Waals surface area contributed by atoms with Gasteiger partial charge in [-0.1, -0.05) is 54.6 Å². The van der Waals surface area contributed by atoms with Crippen LogP contribution in [-0.2, 0) is 11.3 Å². The largest absolute Gasteiger partial charge is 0.492 e. The Morgan fingerprint density at radius 2 is 1.68 bits per heavy atom. The molecule has 5 aromatic rings. The topological polar surface area (TPSA) is 56.6 Å². The second kappa shape index (κ2) is 9.97. The molecule has 1 amide bonds. The number of hydrogen-bond acceptors (Lipinski definition) is 4. The number of amides is 1. The SMILES string of the molecule is CCOc1ccccc1N1CC(c2nc3ccccc3n2CCOc2ccc3ccccc3c2)CC1=O. The summed E-state index contributed by atoms with van der Waals surface area (Å²) >= 11 is 0. The number of fused-ring (bicyclic) bond motifs is 2. The average molecular weight is 492 g/mol. The Labute approximate surface area is 216 Å². The van der Waals surface area contributed by atoms with Gasteiger partial charge in [0, 0.05) is 18.9 Å². The quantitative estimate of drug-likeness (QED) is 0.260. The van der Waals surface area contributed by atoms with Crippen molar-refractivity contribution in [3.8, 4) is 11.5 Å². The van der Waals surface area contributed by atoms with E-state index in [1.165, 1.54) is 5.39 Å². The highest BCUT2D eigenvalue weighted by Gasteiger charge is 2.36. The zero-order valence-corrected chi connectivity index (χ0v) is 20.8. The van der Waals surface area contributed by atoms with Crippen LogP contribution in [0.5, 0.6) is 11.5 Å². The fraction of sp³-hybridized carbons (Fsp3) is 0.226. The number of ether oxygens (including phenoxy) is 2. The molecule has 1 aliphatic rings. The molecule has 0 N–H and O–H groups in total. The number of anilines is 1. The van der Waals surface area contributed by atoms with Crippen molar-refractivity contribution in [2.24, 2.45) is 0 Å². The number of benzene rings is 4. The van der Waals surface area contributed by atoms with Gasteiger partial charge < -0.3 is 18.9 Å². The van der Waals surface area contributed by atoms with E-state index in [1.807, 2.05) is 72.5 Å². The number of aromatic nitrogens is 2. The number of rotatable bonds is 8. The van der Waals surface area contributed by atoms with Gasteiger partial charge in [-0.3, -0.25) is 4.79 Å². The number of hydrogen-bond donors (Lipinski definition) is 0. The van der Waals surface area contributed by atoms with Gasteiger partial charge in [0.25, 0.3) is 0 Å². The van der Waals surface area contributed by atoms with Crippen molar-refractivity contribution in [1.29, 1.82) is 0 Å². The molecule has 0 bridgehead atoms. The van der Waals surface area contributed by atoms with Crippen LogP contribution in [0.2, 0.25) is 0 Å². The van der Waals surface area contributed by atoms with Crippen LogP contribution in [0, 0.1) is 0 Å². The van der Waals surface area contributed by atoms with Gasteiger partial charge in [-0.15, -0.1) is 0 Å². The Bertz CT molecular complexity index is 1570. The van der Waals surface area contributed by atoms with Crippen LogP contribution in [0.25, 0.3) is 21.8 Å². The van der Waals surface area contributed by atoms with E-state index in [0.29, 0.717) is 32.7 Å². The molecule has 37 heavy (non-hydrogen) atoms. The average Bonchev–Trinajstić information content (AvgIpc) is 3.49. The maximum absolute atomic E-state index is 13.2. The smallest absolute Gasteiger partial charge is 0.227 e. The molecule has 1 aliphatic heterocycles. The third-order valence-corrected chi connectivity index (χ3v) is 6.93. The van der Waals surface area contributed by atoms with Gasteiger partial charge in [-0.05, 0) is 54.1 Å². The van der Waals surface area contributed by atoms with E-state index < -0.39 is 0 Å². The second-order valence-electron chi connectivity index (χ2n) is 9.27. The molecule has 0 radical (unpaired) electrons. The van der Waals surface area contributed by atoms with E-state index >= 15 is 0 Å². The molecule has 1 saturated heterocycles. The lowest BCUT2D eigenvalue weighted by Gasteiger charge is -2.20. The standard InChI is InChI=1S/C31H29N3O3/c1-2-36-29-14-8-7-13-28(29)34-21-24(20-30(34)35)31-32-26-11-5-6-12-27(26)33(31)17-18-37-25-16-15-22-9-3-4-10-23(22)19-25/h3-16,19,24H,2,17-18,20-21H2,1H3. The summed E-state index contributed by atoms with van der Waals surface area (Å²) in [5.74, 6) is 2.57. The molecule has 4 aromatic carbocycles. The minimum atomic E-state index is -0.0183. The van der Waals surface area contributed by atoms with Gasteiger partial charge in [0.1, 0.15) is 23.9 Å². The predicted octanol–water partition coefficient (Wildman–Crippen LogP) is 6.19. The number of para-hydroxylation sites is 4. The van der Waals surface area contributed by atoms with Crippen molar-refractivity contribution in [3.05, 3.63) is 96.8 Å². The maximum atomic E-state index is 13.2. The first-order valence-electron chi connectivity index (χ1n) is 12.8. The summed E-state index contributed by atoms with van der Waals surface area (Å²) in [6, 6.07) is 30.3. The van der Waals surface area contributed by atoms with Crippen molar-refractivity contribution in [3.63, 3.8) is 0 Å². The molecule has 1 unspecified atom stereocenters. The summed E-state index contributed by atoms with van der Waals surface area (Å²) in [5, 5.41) is 2.35. The van der Waals surface area contributed by atoms with Gasteiger partial charge >= 0.3 is 0 Å². The van der Waals surface area contributed by atoms with Gasteiger partial charge in [-0.2, -0.15) is 0 Å². The summed E-state index contributed by atoms with van der Waals surface area (Å²) < 4.78 is 14.2. The number of nitrogens with zero attached hydrogens (tertiary/aromatic N) is 3. The Balaban J connectivity index is 1.25. The zero-order chi connectivity index (χ0) is 25.2. The Hall–Kier alpha value is -4.32. The van der Waals surface area contributed by atoms with E-state index in [1.54, 1.807) is 0 Å². The highest BCUT2D eigenvalue weighted by Crippen LogP contribution is 2.37. The molecule has 6 heteroatoms. The molecule has 6 nitrogen and oxygen atoms in total. The molecule has 186 valence electrons. The minimum Gasteiger partial charge on any atom is -0.492 e. The zero-order valence-electron chi connectivity index (χ0n) is 20.8. The van der Waals surface area contributed by atoms with Gasteiger partial charge in [0.2, 0.25) is 5.91 Å².